The van der Waals surface area contributed by atoms with E-state index in [0.717, 1.165) is 38.0 Å². The summed E-state index contributed by atoms with van der Waals surface area (Å²) >= 11 is 5.56. The fraction of sp³-hybridized carbons (Fsp3) is 0.143. The predicted molar refractivity (Wildman–Crippen MR) is 152 cm³/mol. The number of amides is 3. The van der Waals surface area contributed by atoms with Crippen LogP contribution in [0.25, 0.3) is 0 Å². The second-order valence-corrected chi connectivity index (χ2v) is 12.2. The number of nitrogens with one attached hydrogen (secondary N) is 1. The van der Waals surface area contributed by atoms with Crippen LogP contribution in [-0.2, 0) is 20.9 Å². The summed E-state index contributed by atoms with van der Waals surface area (Å²) in [6, 6.07) is 21.6. The number of aromatic nitrogens is 1. The van der Waals surface area contributed by atoms with E-state index in [1.54, 1.807) is 24.3 Å². The van der Waals surface area contributed by atoms with Crippen molar-refractivity contribution in [3.05, 3.63) is 109 Å². The molecule has 4 aromatic rings. The molecule has 3 unspecified atom stereocenters. The monoisotopic (exact) mass is 623 g/mol. The SMILES string of the molecule is O=C(Cn1c2c(sc1=O)C(c1ccc(Br)cc1)C1C(=O)N(c3ccc(F)cc3)C(=O)C1S2)Nc1ccccc1. The summed E-state index contributed by atoms with van der Waals surface area (Å²) in [5.41, 5.74) is 1.67. The summed E-state index contributed by atoms with van der Waals surface area (Å²) in [5, 5.41) is 2.48. The highest BCUT2D eigenvalue weighted by molar-refractivity contribution is 9.10. The summed E-state index contributed by atoms with van der Waals surface area (Å²) in [4.78, 5) is 55.0. The highest BCUT2D eigenvalue weighted by atomic mass is 79.9. The summed E-state index contributed by atoms with van der Waals surface area (Å²) in [7, 11) is 0. The van der Waals surface area contributed by atoms with Gasteiger partial charge in [-0.3, -0.25) is 23.7 Å². The maximum absolute atomic E-state index is 13.8. The Bertz CT molecular complexity index is 1660. The van der Waals surface area contributed by atoms with Crippen LogP contribution in [0.4, 0.5) is 15.8 Å². The van der Waals surface area contributed by atoms with Crippen molar-refractivity contribution in [2.24, 2.45) is 5.92 Å². The number of hydrogen-bond donors (Lipinski definition) is 1. The number of benzene rings is 3. The number of imide groups is 1. The molecular weight excluding hydrogens is 605 g/mol. The molecule has 2 aliphatic heterocycles. The highest BCUT2D eigenvalue weighted by Crippen LogP contribution is 2.53. The van der Waals surface area contributed by atoms with Gasteiger partial charge in [-0.1, -0.05) is 69.4 Å². The topological polar surface area (TPSA) is 88.5 Å². The largest absolute Gasteiger partial charge is 0.325 e. The van der Waals surface area contributed by atoms with E-state index in [-0.39, 0.29) is 17.3 Å². The van der Waals surface area contributed by atoms with Crippen LogP contribution in [0.2, 0.25) is 0 Å². The van der Waals surface area contributed by atoms with Gasteiger partial charge < -0.3 is 5.32 Å². The lowest BCUT2D eigenvalue weighted by atomic mass is 9.83. The Balaban J connectivity index is 1.42. The smallest absolute Gasteiger partial charge is 0.308 e. The fourth-order valence-corrected chi connectivity index (χ4v) is 8.03. The van der Waals surface area contributed by atoms with Gasteiger partial charge in [0.1, 0.15) is 17.6 Å². The van der Waals surface area contributed by atoms with Gasteiger partial charge >= 0.3 is 4.87 Å². The van der Waals surface area contributed by atoms with E-state index >= 15 is 0 Å². The normalized spacial score (nSPS) is 20.1. The first-order valence-electron chi connectivity index (χ1n) is 12.0. The molecule has 6 rings (SSSR count). The Morgan fingerprint density at radius 3 is 2.31 bits per heavy atom. The maximum Gasteiger partial charge on any atom is 0.308 e. The van der Waals surface area contributed by atoms with E-state index in [9.17, 15) is 23.6 Å². The van der Waals surface area contributed by atoms with Gasteiger partial charge in [-0.25, -0.2) is 9.29 Å². The third-order valence-corrected chi connectivity index (χ3v) is 9.85. The maximum atomic E-state index is 13.8. The molecule has 1 saturated heterocycles. The lowest BCUT2D eigenvalue weighted by Crippen LogP contribution is -2.33. The van der Waals surface area contributed by atoms with Gasteiger partial charge in [-0.15, -0.1) is 0 Å². The molecule has 1 aromatic heterocycles. The minimum atomic E-state index is -0.818. The van der Waals surface area contributed by atoms with Gasteiger partial charge in [0.25, 0.3) is 0 Å². The molecule has 0 bridgehead atoms. The lowest BCUT2D eigenvalue weighted by molar-refractivity contribution is -0.122. The van der Waals surface area contributed by atoms with Crippen LogP contribution in [0.3, 0.4) is 0 Å². The Kier molecular flexibility index (Phi) is 6.74. The van der Waals surface area contributed by atoms with Crippen LogP contribution in [0.5, 0.6) is 0 Å². The van der Waals surface area contributed by atoms with Crippen molar-refractivity contribution in [2.75, 3.05) is 10.2 Å². The lowest BCUT2D eigenvalue weighted by Gasteiger charge is -2.30. The number of anilines is 2. The third-order valence-electron chi connectivity index (χ3n) is 6.72. The number of halogens is 2. The zero-order valence-corrected chi connectivity index (χ0v) is 23.3. The van der Waals surface area contributed by atoms with Gasteiger partial charge in [0.05, 0.1) is 16.6 Å². The van der Waals surface area contributed by atoms with E-state index in [0.29, 0.717) is 21.3 Å². The van der Waals surface area contributed by atoms with E-state index in [4.69, 9.17) is 0 Å². The second kappa shape index (κ2) is 10.2. The minimum absolute atomic E-state index is 0.235. The highest BCUT2D eigenvalue weighted by Gasteiger charge is 2.56. The molecule has 3 heterocycles. The summed E-state index contributed by atoms with van der Waals surface area (Å²) < 4.78 is 15.8. The Hall–Kier alpha value is -3.54. The molecule has 0 radical (unpaired) electrons. The third kappa shape index (κ3) is 4.64. The van der Waals surface area contributed by atoms with Crippen LogP contribution in [0.1, 0.15) is 16.4 Å². The van der Waals surface area contributed by atoms with E-state index in [1.165, 1.54) is 28.8 Å². The average Bonchev–Trinajstić information content (AvgIpc) is 3.36. The number of thiazole rings is 1. The van der Waals surface area contributed by atoms with Crippen molar-refractivity contribution >= 4 is 68.1 Å². The number of rotatable bonds is 5. The zero-order valence-electron chi connectivity index (χ0n) is 20.0. The van der Waals surface area contributed by atoms with Crippen LogP contribution in [0.15, 0.2) is 93.2 Å². The number of hydrogen-bond acceptors (Lipinski definition) is 6. The Labute approximate surface area is 238 Å². The van der Waals surface area contributed by atoms with E-state index in [1.807, 2.05) is 30.3 Å². The number of para-hydroxylation sites is 1. The van der Waals surface area contributed by atoms with E-state index in [2.05, 4.69) is 21.2 Å². The summed E-state index contributed by atoms with van der Waals surface area (Å²) in [6.07, 6.45) is 0. The van der Waals surface area contributed by atoms with Crippen molar-refractivity contribution in [3.8, 4) is 0 Å². The van der Waals surface area contributed by atoms with Gasteiger partial charge in [-0.05, 0) is 54.1 Å². The van der Waals surface area contributed by atoms with Crippen molar-refractivity contribution < 1.29 is 18.8 Å². The number of thioether (sulfide) groups is 1. The fourth-order valence-electron chi connectivity index (χ4n) is 4.99. The number of carbonyl (C=O) groups excluding carboxylic acids is 3. The number of fused-ring (bicyclic) bond motifs is 2. The standard InChI is InChI=1S/C28H19BrFN3O4S2/c29-16-8-6-15(7-9-16)21-22-23(26(36)33(25(22)35)19-12-10-17(30)11-13-19)38-27-24(21)39-28(37)32(27)14-20(34)31-18-4-2-1-3-5-18/h1-13,21-23H,14H2,(H,31,34). The van der Waals surface area contributed by atoms with Crippen molar-refractivity contribution in [1.82, 2.24) is 4.57 Å². The molecule has 3 atom stereocenters. The van der Waals surface area contributed by atoms with Gasteiger partial charge in [0, 0.05) is 21.0 Å². The van der Waals surface area contributed by atoms with Crippen LogP contribution in [0, 0.1) is 11.7 Å². The zero-order chi connectivity index (χ0) is 27.3. The first kappa shape index (κ1) is 25.7. The van der Waals surface area contributed by atoms with Crippen molar-refractivity contribution in [3.63, 3.8) is 0 Å². The summed E-state index contributed by atoms with van der Waals surface area (Å²) in [6.45, 7) is -0.235. The minimum Gasteiger partial charge on any atom is -0.325 e. The molecule has 7 nitrogen and oxygen atoms in total. The molecule has 1 N–H and O–H groups in total. The van der Waals surface area contributed by atoms with Gasteiger partial charge in [-0.2, -0.15) is 0 Å². The molecular formula is C28H19BrFN3O4S2. The molecule has 3 aromatic carbocycles. The van der Waals surface area contributed by atoms with Crippen LogP contribution in [-0.4, -0.2) is 27.5 Å². The first-order chi connectivity index (χ1) is 18.8. The molecule has 1 fully saturated rings. The molecule has 0 spiro atoms. The van der Waals surface area contributed by atoms with Crippen molar-refractivity contribution in [2.45, 2.75) is 22.7 Å². The molecule has 2 aliphatic rings. The van der Waals surface area contributed by atoms with Gasteiger partial charge in [0.15, 0.2) is 0 Å². The second-order valence-electron chi connectivity index (χ2n) is 9.12. The molecule has 39 heavy (non-hydrogen) atoms. The molecule has 0 aliphatic carbocycles. The van der Waals surface area contributed by atoms with E-state index < -0.39 is 34.7 Å². The Morgan fingerprint density at radius 2 is 1.62 bits per heavy atom. The van der Waals surface area contributed by atoms with Crippen LogP contribution >= 0.6 is 39.0 Å². The Morgan fingerprint density at radius 1 is 0.923 bits per heavy atom. The summed E-state index contributed by atoms with van der Waals surface area (Å²) in [5.74, 6) is -3.04. The molecule has 3 amide bonds. The first-order valence-corrected chi connectivity index (χ1v) is 14.4. The average molecular weight is 625 g/mol. The molecule has 0 saturated carbocycles. The quantitative estimate of drug-likeness (QED) is 0.307. The molecule has 196 valence electrons. The predicted octanol–water partition coefficient (Wildman–Crippen LogP) is 5.25. The number of nitrogens with zero attached hydrogens (tertiary/aromatic N) is 2. The van der Waals surface area contributed by atoms with Crippen LogP contribution < -0.4 is 15.1 Å². The van der Waals surface area contributed by atoms with Gasteiger partial charge in [0.2, 0.25) is 17.7 Å². The molecule has 11 heteroatoms. The number of carbonyl (C=O) groups is 3. The van der Waals surface area contributed by atoms with Crippen molar-refractivity contribution in [1.29, 1.82) is 0 Å².